The molecule has 14 heavy (non-hydrogen) atoms. The van der Waals surface area contributed by atoms with Crippen molar-refractivity contribution in [2.45, 2.75) is 58.0 Å². The smallest absolute Gasteiger partial charge is 1.00 e. The number of nitrogens with zero attached hydrogens (tertiary/aromatic N) is 1. The first-order valence-electron chi connectivity index (χ1n) is 4.87. The average molecular weight is 192 g/mol. The van der Waals surface area contributed by atoms with Gasteiger partial charge in [-0.25, -0.2) is 4.79 Å². The Morgan fingerprint density at radius 1 is 1.21 bits per heavy atom. The van der Waals surface area contributed by atoms with Gasteiger partial charge in [0.05, 0.1) is 0 Å². The molecule has 1 rings (SSSR count). The molecule has 0 atom stereocenters. The second-order valence-electron chi connectivity index (χ2n) is 5.15. The van der Waals surface area contributed by atoms with E-state index in [9.17, 15) is 4.79 Å². The van der Waals surface area contributed by atoms with Gasteiger partial charge in [0, 0.05) is 11.1 Å². The fourth-order valence-corrected chi connectivity index (χ4v) is 2.59. The van der Waals surface area contributed by atoms with E-state index >= 15 is 0 Å². The molecule has 3 nitrogen and oxygen atoms in total. The number of carbonyl (C=O) groups excluding carboxylic acids is 1. The topological polar surface area (TPSA) is 46.3 Å². The number of carbonyl (C=O) groups is 1. The summed E-state index contributed by atoms with van der Waals surface area (Å²) >= 11 is 0. The largest absolute Gasteiger partial charge is 1.00 e. The van der Waals surface area contributed by atoms with E-state index in [2.05, 4.69) is 27.7 Å². The number of primary amides is 1. The number of hydrogen-bond acceptors (Lipinski definition) is 1. The van der Waals surface area contributed by atoms with Crippen molar-refractivity contribution in [2.24, 2.45) is 5.73 Å². The Hall–Kier alpha value is -0.133. The van der Waals surface area contributed by atoms with Crippen LogP contribution in [0, 0.1) is 0 Å². The number of nitrogens with two attached hydrogens (primary N) is 1. The maximum atomic E-state index is 11.3. The fourth-order valence-electron chi connectivity index (χ4n) is 2.59. The zero-order valence-electron chi connectivity index (χ0n) is 11.1. The molecule has 4 heteroatoms. The number of piperidine rings is 1. The molecule has 2 amide bonds. The van der Waals surface area contributed by atoms with Gasteiger partial charge in [-0.3, -0.25) is 0 Å². The van der Waals surface area contributed by atoms with Gasteiger partial charge < -0.3 is 12.1 Å². The second kappa shape index (κ2) is 4.16. The van der Waals surface area contributed by atoms with Crippen LogP contribution in [0.25, 0.3) is 0 Å². The second-order valence-corrected chi connectivity index (χ2v) is 5.15. The van der Waals surface area contributed by atoms with E-state index < -0.39 is 0 Å². The quantitative estimate of drug-likeness (QED) is 0.503. The molecule has 1 aliphatic heterocycles. The zero-order valence-corrected chi connectivity index (χ0v) is 10.1. The molecule has 1 heterocycles. The van der Waals surface area contributed by atoms with Crippen molar-refractivity contribution in [3.63, 3.8) is 0 Å². The molecule has 0 spiro atoms. The van der Waals surface area contributed by atoms with Crippen molar-refractivity contribution in [1.82, 2.24) is 4.90 Å². The Morgan fingerprint density at radius 3 is 1.79 bits per heavy atom. The Morgan fingerprint density at radius 2 is 1.57 bits per heavy atom. The first-order chi connectivity index (χ1) is 5.77. The minimum absolute atomic E-state index is 0. The molecular formula is C10H21LiN2O. The Bertz CT molecular complexity index is 215. The fraction of sp³-hybridized carbons (Fsp3) is 0.900. The number of urea groups is 1. The molecule has 0 aromatic carbocycles. The summed E-state index contributed by atoms with van der Waals surface area (Å²) < 4.78 is 0. The molecule has 0 aromatic rings. The summed E-state index contributed by atoms with van der Waals surface area (Å²) in [5, 5.41) is 0. The summed E-state index contributed by atoms with van der Waals surface area (Å²) in [6.07, 6.45) is 3.25. The number of likely N-dealkylation sites (tertiary alicyclic amines) is 1. The summed E-state index contributed by atoms with van der Waals surface area (Å²) in [5.74, 6) is 0. The molecule has 1 saturated heterocycles. The molecular weight excluding hydrogens is 171 g/mol. The van der Waals surface area contributed by atoms with E-state index in [0.29, 0.717) is 0 Å². The summed E-state index contributed by atoms with van der Waals surface area (Å²) in [7, 11) is 0. The van der Waals surface area contributed by atoms with E-state index in [1.165, 1.54) is 6.42 Å². The third-order valence-corrected chi connectivity index (χ3v) is 3.01. The van der Waals surface area contributed by atoms with Crippen LogP contribution in [0.1, 0.15) is 48.4 Å². The van der Waals surface area contributed by atoms with Crippen molar-refractivity contribution in [1.29, 1.82) is 0 Å². The monoisotopic (exact) mass is 192 g/mol. The van der Waals surface area contributed by atoms with E-state index in [0.717, 1.165) is 12.8 Å². The summed E-state index contributed by atoms with van der Waals surface area (Å²) in [5.41, 5.74) is 5.23. The van der Waals surface area contributed by atoms with Gasteiger partial charge in [0.1, 0.15) is 0 Å². The summed E-state index contributed by atoms with van der Waals surface area (Å²) in [4.78, 5) is 13.2. The first kappa shape index (κ1) is 13.9. The van der Waals surface area contributed by atoms with Crippen molar-refractivity contribution >= 4 is 6.03 Å². The van der Waals surface area contributed by atoms with Crippen LogP contribution in [-0.4, -0.2) is 22.0 Å². The van der Waals surface area contributed by atoms with Gasteiger partial charge >= 0.3 is 24.9 Å². The van der Waals surface area contributed by atoms with E-state index in [4.69, 9.17) is 5.73 Å². The van der Waals surface area contributed by atoms with E-state index in [-0.39, 0.29) is 37.4 Å². The van der Waals surface area contributed by atoms with Crippen LogP contribution in [0.2, 0.25) is 0 Å². The number of hydrogen-bond donors (Lipinski definition) is 1. The van der Waals surface area contributed by atoms with Crippen LogP contribution in [0.5, 0.6) is 0 Å². The molecule has 0 unspecified atom stereocenters. The minimum Gasteiger partial charge on any atom is -1.00 e. The minimum atomic E-state index is -0.297. The maximum absolute atomic E-state index is 11.3. The van der Waals surface area contributed by atoms with Crippen LogP contribution < -0.4 is 24.6 Å². The van der Waals surface area contributed by atoms with Gasteiger partial charge in [-0.2, -0.15) is 0 Å². The van der Waals surface area contributed by atoms with Crippen LogP contribution >= 0.6 is 0 Å². The molecule has 78 valence electrons. The Balaban J connectivity index is 0. The predicted molar refractivity (Wildman–Crippen MR) is 54.5 cm³/mol. The van der Waals surface area contributed by atoms with Crippen molar-refractivity contribution in [2.75, 3.05) is 0 Å². The SMILES string of the molecule is CC1(C)CCCC(C)(C)N1C(N)=O.[H-].[Li+]. The van der Waals surface area contributed by atoms with Gasteiger partial charge in [-0.15, -0.1) is 0 Å². The molecule has 1 fully saturated rings. The summed E-state index contributed by atoms with van der Waals surface area (Å²) in [6, 6.07) is -0.297. The Kier molecular flexibility index (Phi) is 4.12. The van der Waals surface area contributed by atoms with Gasteiger partial charge in [0.2, 0.25) is 0 Å². The van der Waals surface area contributed by atoms with Crippen LogP contribution in [-0.2, 0) is 0 Å². The Labute approximate surface area is 100 Å². The van der Waals surface area contributed by atoms with Crippen LogP contribution in [0.3, 0.4) is 0 Å². The zero-order chi connectivity index (χ0) is 10.3. The first-order valence-corrected chi connectivity index (χ1v) is 4.87. The van der Waals surface area contributed by atoms with Gasteiger partial charge in [0.25, 0.3) is 0 Å². The van der Waals surface area contributed by atoms with E-state index in [1.54, 1.807) is 0 Å². The third kappa shape index (κ3) is 2.46. The number of rotatable bonds is 0. The molecule has 0 radical (unpaired) electrons. The molecule has 0 saturated carbocycles. The summed E-state index contributed by atoms with van der Waals surface area (Å²) in [6.45, 7) is 8.33. The maximum Gasteiger partial charge on any atom is 1.00 e. The van der Waals surface area contributed by atoms with Crippen molar-refractivity contribution in [3.05, 3.63) is 0 Å². The molecule has 2 N–H and O–H groups in total. The molecule has 1 aliphatic rings. The van der Waals surface area contributed by atoms with Crippen molar-refractivity contribution in [3.8, 4) is 0 Å². The number of amides is 2. The van der Waals surface area contributed by atoms with E-state index in [1.807, 2.05) is 4.90 Å². The molecule has 0 aliphatic carbocycles. The van der Waals surface area contributed by atoms with Gasteiger partial charge in [-0.05, 0) is 47.0 Å². The predicted octanol–water partition coefficient (Wildman–Crippen LogP) is -0.775. The van der Waals surface area contributed by atoms with Crippen molar-refractivity contribution < 1.29 is 25.1 Å². The van der Waals surface area contributed by atoms with Crippen LogP contribution in [0.4, 0.5) is 4.79 Å². The average Bonchev–Trinajstić information content (AvgIpc) is 1.79. The van der Waals surface area contributed by atoms with Gasteiger partial charge in [-0.1, -0.05) is 0 Å². The normalized spacial score (nSPS) is 23.9. The molecule has 0 aromatic heterocycles. The third-order valence-electron chi connectivity index (χ3n) is 3.01. The standard InChI is InChI=1S/C10H20N2O.Li.H/c1-9(2)6-5-7-10(3,4)12(9)8(11)13;;/h5-7H2,1-4H3,(H2,11,13);;/q;+1;-1. The molecule has 0 bridgehead atoms. The van der Waals surface area contributed by atoms with Crippen LogP contribution in [0.15, 0.2) is 0 Å². The van der Waals surface area contributed by atoms with Gasteiger partial charge in [0.15, 0.2) is 0 Å².